The van der Waals surface area contributed by atoms with E-state index in [1.807, 2.05) is 47.2 Å². The second kappa shape index (κ2) is 9.59. The Morgan fingerprint density at radius 3 is 2.80 bits per heavy atom. The normalized spacial score (nSPS) is 11.1. The molecule has 0 aliphatic carbocycles. The fourth-order valence-electron chi connectivity index (χ4n) is 3.17. The summed E-state index contributed by atoms with van der Waals surface area (Å²) in [6, 6.07) is 13.7. The highest BCUT2D eigenvalue weighted by atomic mass is 32.2. The lowest BCUT2D eigenvalue weighted by Gasteiger charge is -2.12. The highest BCUT2D eigenvalue weighted by molar-refractivity contribution is 7.99. The van der Waals surface area contributed by atoms with Crippen molar-refractivity contribution in [2.45, 2.75) is 31.5 Å². The Bertz CT molecular complexity index is 1210. The molecule has 3 aromatic heterocycles. The van der Waals surface area contributed by atoms with E-state index in [1.165, 1.54) is 28.0 Å². The Morgan fingerprint density at radius 1 is 1.13 bits per heavy atom. The molecule has 3 heterocycles. The number of amides is 1. The molecule has 5 nitrogen and oxygen atoms in total. The summed E-state index contributed by atoms with van der Waals surface area (Å²) >= 11 is 4.39. The molecule has 0 radical (unpaired) electrons. The minimum absolute atomic E-state index is 0.0363. The average Bonchev–Trinajstić information content (AvgIpc) is 3.44. The lowest BCUT2D eigenvalue weighted by Crippen LogP contribution is -2.24. The van der Waals surface area contributed by atoms with Crippen molar-refractivity contribution in [3.05, 3.63) is 74.0 Å². The summed E-state index contributed by atoms with van der Waals surface area (Å²) in [5.41, 5.74) is 2.59. The Hall–Kier alpha value is -2.42. The number of benzene rings is 1. The highest BCUT2D eigenvalue weighted by Gasteiger charge is 2.15. The van der Waals surface area contributed by atoms with Crippen LogP contribution in [0.4, 0.5) is 5.69 Å². The van der Waals surface area contributed by atoms with E-state index in [9.17, 15) is 9.59 Å². The molecule has 30 heavy (non-hydrogen) atoms. The third-order valence-corrected chi connectivity index (χ3v) is 7.50. The number of carbonyl (C=O) groups is 1. The van der Waals surface area contributed by atoms with Crippen LogP contribution in [0.3, 0.4) is 0 Å². The van der Waals surface area contributed by atoms with Crippen LogP contribution in [0.25, 0.3) is 10.2 Å². The van der Waals surface area contributed by atoms with Gasteiger partial charge in [-0.15, -0.1) is 22.7 Å². The number of nitrogens with one attached hydrogen (secondary N) is 1. The molecule has 0 spiro atoms. The van der Waals surface area contributed by atoms with Crippen LogP contribution >= 0.6 is 34.4 Å². The first-order valence-corrected chi connectivity index (χ1v) is 12.4. The molecule has 4 aromatic rings. The summed E-state index contributed by atoms with van der Waals surface area (Å²) < 4.78 is 2.36. The monoisotopic (exact) mass is 455 g/mol. The predicted octanol–water partition coefficient (Wildman–Crippen LogP) is 5.06. The van der Waals surface area contributed by atoms with Gasteiger partial charge in [-0.05, 0) is 47.4 Å². The molecule has 0 saturated heterocycles. The van der Waals surface area contributed by atoms with Gasteiger partial charge in [-0.1, -0.05) is 43.0 Å². The Kier molecular flexibility index (Phi) is 6.66. The number of anilines is 1. The standard InChI is InChI=1S/C22H21N3O2S3/c1-2-15-6-3-4-8-17(15)23-19(26)14-30-22-24-18-10-13-29-20(18)21(27)25(22)11-9-16-7-5-12-28-16/h3-8,10,12-13H,2,9,11,14H2,1H3,(H,23,26). The van der Waals surface area contributed by atoms with Crippen LogP contribution in [0.1, 0.15) is 17.4 Å². The zero-order valence-corrected chi connectivity index (χ0v) is 18.9. The zero-order valence-electron chi connectivity index (χ0n) is 16.5. The van der Waals surface area contributed by atoms with Crippen LogP contribution in [-0.2, 0) is 24.2 Å². The first-order chi connectivity index (χ1) is 14.7. The van der Waals surface area contributed by atoms with E-state index < -0.39 is 0 Å². The number of thioether (sulfide) groups is 1. The Labute approximate surface area is 186 Å². The van der Waals surface area contributed by atoms with Gasteiger partial charge in [-0.3, -0.25) is 14.2 Å². The minimum atomic E-state index is -0.106. The van der Waals surface area contributed by atoms with Crippen LogP contribution in [0.5, 0.6) is 0 Å². The molecule has 0 fully saturated rings. The number of aromatic nitrogens is 2. The maximum absolute atomic E-state index is 13.0. The van der Waals surface area contributed by atoms with Gasteiger partial charge in [0.2, 0.25) is 5.91 Å². The number of aryl methyl sites for hydroxylation is 2. The third-order valence-electron chi connectivity index (χ3n) is 4.70. The van der Waals surface area contributed by atoms with Crippen molar-refractivity contribution in [2.75, 3.05) is 11.1 Å². The van der Waals surface area contributed by atoms with Gasteiger partial charge >= 0.3 is 0 Å². The van der Waals surface area contributed by atoms with Gasteiger partial charge in [0.15, 0.2) is 5.16 Å². The van der Waals surface area contributed by atoms with Crippen molar-refractivity contribution in [2.24, 2.45) is 0 Å². The number of carbonyl (C=O) groups excluding carboxylic acids is 1. The maximum atomic E-state index is 13.0. The fraction of sp³-hybridized carbons (Fsp3) is 0.227. The summed E-state index contributed by atoms with van der Waals surface area (Å²) in [4.78, 5) is 31.5. The van der Waals surface area contributed by atoms with E-state index in [2.05, 4.69) is 23.3 Å². The lowest BCUT2D eigenvalue weighted by molar-refractivity contribution is -0.113. The highest BCUT2D eigenvalue weighted by Crippen LogP contribution is 2.22. The number of hydrogen-bond donors (Lipinski definition) is 1. The van der Waals surface area contributed by atoms with E-state index in [0.29, 0.717) is 21.9 Å². The van der Waals surface area contributed by atoms with Crippen molar-refractivity contribution in [3.63, 3.8) is 0 Å². The number of para-hydroxylation sites is 1. The minimum Gasteiger partial charge on any atom is -0.325 e. The summed E-state index contributed by atoms with van der Waals surface area (Å²) in [6.45, 7) is 2.61. The van der Waals surface area contributed by atoms with Gasteiger partial charge in [0.05, 0.1) is 11.3 Å². The quantitative estimate of drug-likeness (QED) is 0.298. The molecule has 0 saturated carbocycles. The number of thiophene rings is 2. The molecule has 1 amide bonds. The fourth-order valence-corrected chi connectivity index (χ4v) is 5.48. The van der Waals surface area contributed by atoms with Crippen molar-refractivity contribution < 1.29 is 4.79 Å². The maximum Gasteiger partial charge on any atom is 0.272 e. The summed E-state index contributed by atoms with van der Waals surface area (Å²) in [7, 11) is 0. The van der Waals surface area contributed by atoms with Crippen LogP contribution in [-0.4, -0.2) is 21.2 Å². The predicted molar refractivity (Wildman–Crippen MR) is 127 cm³/mol. The molecule has 1 N–H and O–H groups in total. The second-order valence-electron chi connectivity index (χ2n) is 6.66. The first kappa shape index (κ1) is 20.8. The molecular weight excluding hydrogens is 434 g/mol. The van der Waals surface area contributed by atoms with E-state index in [4.69, 9.17) is 0 Å². The van der Waals surface area contributed by atoms with Gasteiger partial charge in [0, 0.05) is 17.1 Å². The number of nitrogens with zero attached hydrogens (tertiary/aromatic N) is 2. The largest absolute Gasteiger partial charge is 0.325 e. The topological polar surface area (TPSA) is 64.0 Å². The van der Waals surface area contributed by atoms with E-state index in [1.54, 1.807) is 15.9 Å². The van der Waals surface area contributed by atoms with E-state index in [0.717, 1.165) is 24.1 Å². The van der Waals surface area contributed by atoms with Crippen LogP contribution in [0.2, 0.25) is 0 Å². The van der Waals surface area contributed by atoms with Gasteiger partial charge in [0.25, 0.3) is 5.56 Å². The number of fused-ring (bicyclic) bond motifs is 1. The summed E-state index contributed by atoms with van der Waals surface area (Å²) in [5, 5.41) is 7.48. The van der Waals surface area contributed by atoms with Crippen LogP contribution < -0.4 is 10.9 Å². The number of hydrogen-bond acceptors (Lipinski definition) is 6. The van der Waals surface area contributed by atoms with Gasteiger partial charge in [0.1, 0.15) is 4.70 Å². The van der Waals surface area contributed by atoms with Crippen molar-refractivity contribution in [3.8, 4) is 0 Å². The Morgan fingerprint density at radius 2 is 2.00 bits per heavy atom. The molecule has 0 aliphatic rings. The summed E-state index contributed by atoms with van der Waals surface area (Å²) in [5.74, 6) is 0.0874. The smallest absolute Gasteiger partial charge is 0.272 e. The number of rotatable bonds is 8. The van der Waals surface area contributed by atoms with Crippen molar-refractivity contribution in [1.82, 2.24) is 9.55 Å². The lowest BCUT2D eigenvalue weighted by atomic mass is 10.1. The summed E-state index contributed by atoms with van der Waals surface area (Å²) in [6.07, 6.45) is 1.61. The van der Waals surface area contributed by atoms with E-state index in [-0.39, 0.29) is 17.2 Å². The van der Waals surface area contributed by atoms with E-state index >= 15 is 0 Å². The van der Waals surface area contributed by atoms with Crippen LogP contribution in [0.15, 0.2) is 63.2 Å². The molecular formula is C22H21N3O2S3. The SMILES string of the molecule is CCc1ccccc1NC(=O)CSc1nc2ccsc2c(=O)n1CCc1cccs1. The average molecular weight is 456 g/mol. The molecule has 0 atom stereocenters. The van der Waals surface area contributed by atoms with Crippen molar-refractivity contribution in [1.29, 1.82) is 0 Å². The molecule has 0 unspecified atom stereocenters. The van der Waals surface area contributed by atoms with Gasteiger partial charge < -0.3 is 5.32 Å². The van der Waals surface area contributed by atoms with Crippen LogP contribution in [0, 0.1) is 0 Å². The molecule has 4 rings (SSSR count). The molecule has 0 bridgehead atoms. The molecule has 0 aliphatic heterocycles. The van der Waals surface area contributed by atoms with Gasteiger partial charge in [-0.2, -0.15) is 0 Å². The third kappa shape index (κ3) is 4.66. The second-order valence-corrected chi connectivity index (χ2v) is 9.55. The van der Waals surface area contributed by atoms with Crippen molar-refractivity contribution >= 4 is 56.2 Å². The molecule has 8 heteroatoms. The molecule has 154 valence electrons. The zero-order chi connectivity index (χ0) is 20.9. The molecule has 1 aromatic carbocycles. The first-order valence-electron chi connectivity index (χ1n) is 9.66. The Balaban J connectivity index is 1.53. The van der Waals surface area contributed by atoms with Gasteiger partial charge in [-0.25, -0.2) is 4.98 Å².